The van der Waals surface area contributed by atoms with E-state index < -0.39 is 0 Å². The average molecular weight is 573 g/mol. The molecule has 4 rings (SSSR count). The predicted molar refractivity (Wildman–Crippen MR) is 160 cm³/mol. The number of rotatable bonds is 11. The van der Waals surface area contributed by atoms with Gasteiger partial charge in [-0.2, -0.15) is 0 Å². The molecule has 0 aromatic heterocycles. The molecule has 10 heteroatoms. The Kier molecular flexibility index (Phi) is 9.39. The smallest absolute Gasteiger partial charge is 0.256 e. The van der Waals surface area contributed by atoms with Gasteiger partial charge in [0.2, 0.25) is 0 Å². The first-order chi connectivity index (χ1) is 20.3. The molecule has 0 atom stereocenters. The third kappa shape index (κ3) is 6.67. The summed E-state index contributed by atoms with van der Waals surface area (Å²) >= 11 is 0. The van der Waals surface area contributed by atoms with Gasteiger partial charge in [-0.15, -0.1) is 0 Å². The molecule has 2 amide bonds. The lowest BCUT2D eigenvalue weighted by molar-refractivity contribution is 0.101. The topological polar surface area (TPSA) is 114 Å². The van der Waals surface area contributed by atoms with Crippen LogP contribution < -0.4 is 39.1 Å². The van der Waals surface area contributed by atoms with Gasteiger partial charge >= 0.3 is 0 Å². The molecule has 0 fully saturated rings. The summed E-state index contributed by atoms with van der Waals surface area (Å²) in [5, 5.41) is 5.76. The van der Waals surface area contributed by atoms with Crippen molar-refractivity contribution in [1.82, 2.24) is 0 Å². The van der Waals surface area contributed by atoms with Gasteiger partial charge < -0.3 is 39.1 Å². The molecule has 0 heterocycles. The number of ether oxygens (including phenoxy) is 6. The fraction of sp³-hybridized carbons (Fsp3) is 0.188. The number of methoxy groups -OCH3 is 6. The molecule has 4 aromatic carbocycles. The Bertz CT molecular complexity index is 1440. The third-order valence-electron chi connectivity index (χ3n) is 6.46. The number of anilines is 2. The van der Waals surface area contributed by atoms with Gasteiger partial charge in [0.05, 0.1) is 54.0 Å². The molecule has 42 heavy (non-hydrogen) atoms. The molecule has 0 spiro atoms. The highest BCUT2D eigenvalue weighted by molar-refractivity contribution is 6.06. The SMILES string of the molecule is COc1cc(OC)cc(C(=O)Nc2ccc(-c3ccc(NC(=O)c4cc(OC)cc(OC)c4)c(OC)c3)cc2OC)c1. The van der Waals surface area contributed by atoms with E-state index in [1.54, 1.807) is 60.7 Å². The summed E-state index contributed by atoms with van der Waals surface area (Å²) in [6.07, 6.45) is 0. The van der Waals surface area contributed by atoms with Crippen LogP contribution in [0.2, 0.25) is 0 Å². The van der Waals surface area contributed by atoms with Crippen LogP contribution in [0.25, 0.3) is 11.1 Å². The fourth-order valence-corrected chi connectivity index (χ4v) is 4.21. The third-order valence-corrected chi connectivity index (χ3v) is 6.46. The first-order valence-electron chi connectivity index (χ1n) is 12.8. The van der Waals surface area contributed by atoms with Crippen molar-refractivity contribution in [2.45, 2.75) is 0 Å². The van der Waals surface area contributed by atoms with Gasteiger partial charge in [-0.25, -0.2) is 0 Å². The summed E-state index contributed by atoms with van der Waals surface area (Å²) in [6, 6.07) is 20.7. The number of hydrogen-bond acceptors (Lipinski definition) is 8. The molecule has 0 bridgehead atoms. The van der Waals surface area contributed by atoms with Gasteiger partial charge in [-0.05, 0) is 59.7 Å². The van der Waals surface area contributed by atoms with Gasteiger partial charge in [0.25, 0.3) is 11.8 Å². The number of benzene rings is 4. The van der Waals surface area contributed by atoms with E-state index in [2.05, 4.69) is 10.6 Å². The van der Waals surface area contributed by atoms with Crippen molar-refractivity contribution in [2.75, 3.05) is 53.3 Å². The zero-order valence-electron chi connectivity index (χ0n) is 24.2. The van der Waals surface area contributed by atoms with Crippen LogP contribution >= 0.6 is 0 Å². The zero-order valence-corrected chi connectivity index (χ0v) is 24.2. The monoisotopic (exact) mass is 572 g/mol. The Hall–Kier alpha value is -5.38. The Morgan fingerprint density at radius 3 is 1.07 bits per heavy atom. The molecule has 0 aliphatic carbocycles. The second kappa shape index (κ2) is 13.3. The van der Waals surface area contributed by atoms with E-state index >= 15 is 0 Å². The highest BCUT2D eigenvalue weighted by Gasteiger charge is 2.16. The predicted octanol–water partition coefficient (Wildman–Crippen LogP) is 5.91. The molecule has 4 aromatic rings. The Labute approximate surface area is 244 Å². The Morgan fingerprint density at radius 2 is 0.786 bits per heavy atom. The summed E-state index contributed by atoms with van der Waals surface area (Å²) in [6.45, 7) is 0. The highest BCUT2D eigenvalue weighted by atomic mass is 16.5. The van der Waals surface area contributed by atoms with Crippen molar-refractivity contribution >= 4 is 23.2 Å². The molecule has 0 radical (unpaired) electrons. The van der Waals surface area contributed by atoms with Crippen molar-refractivity contribution in [3.05, 3.63) is 83.9 Å². The van der Waals surface area contributed by atoms with Crippen LogP contribution in [0.1, 0.15) is 20.7 Å². The van der Waals surface area contributed by atoms with Crippen LogP contribution in [-0.2, 0) is 0 Å². The average Bonchev–Trinajstić information content (AvgIpc) is 3.04. The zero-order chi connectivity index (χ0) is 30.2. The summed E-state index contributed by atoms with van der Waals surface area (Å²) in [5.74, 6) is 2.20. The molecule has 218 valence electrons. The minimum absolute atomic E-state index is 0.353. The maximum Gasteiger partial charge on any atom is 0.256 e. The van der Waals surface area contributed by atoms with E-state index in [9.17, 15) is 9.59 Å². The van der Waals surface area contributed by atoms with Crippen molar-refractivity contribution in [3.8, 4) is 45.6 Å². The largest absolute Gasteiger partial charge is 0.497 e. The van der Waals surface area contributed by atoms with E-state index in [1.807, 2.05) is 12.1 Å². The molecule has 10 nitrogen and oxygen atoms in total. The highest BCUT2D eigenvalue weighted by Crippen LogP contribution is 2.36. The quantitative estimate of drug-likeness (QED) is 0.228. The minimum atomic E-state index is -0.353. The van der Waals surface area contributed by atoms with E-state index in [4.69, 9.17) is 28.4 Å². The van der Waals surface area contributed by atoms with Crippen LogP contribution in [0, 0.1) is 0 Å². The normalized spacial score (nSPS) is 10.3. The van der Waals surface area contributed by atoms with Crippen molar-refractivity contribution in [1.29, 1.82) is 0 Å². The Morgan fingerprint density at radius 1 is 0.452 bits per heavy atom. The summed E-state index contributed by atoms with van der Waals surface area (Å²) in [7, 11) is 9.13. The maximum atomic E-state index is 13.0. The van der Waals surface area contributed by atoms with Crippen LogP contribution in [0.3, 0.4) is 0 Å². The molecule has 2 N–H and O–H groups in total. The van der Waals surface area contributed by atoms with Gasteiger partial charge in [0, 0.05) is 23.3 Å². The first kappa shape index (κ1) is 29.6. The van der Waals surface area contributed by atoms with Crippen LogP contribution in [0.5, 0.6) is 34.5 Å². The van der Waals surface area contributed by atoms with Crippen molar-refractivity contribution in [3.63, 3.8) is 0 Å². The lowest BCUT2D eigenvalue weighted by Gasteiger charge is -2.15. The number of hydrogen-bond donors (Lipinski definition) is 2. The second-order valence-corrected chi connectivity index (χ2v) is 8.94. The number of amides is 2. The summed E-state index contributed by atoms with van der Waals surface area (Å²) in [4.78, 5) is 26.0. The van der Waals surface area contributed by atoms with Gasteiger partial charge in [0.1, 0.15) is 34.5 Å². The molecular weight excluding hydrogens is 540 g/mol. The maximum absolute atomic E-state index is 13.0. The van der Waals surface area contributed by atoms with E-state index in [1.165, 1.54) is 42.7 Å². The lowest BCUT2D eigenvalue weighted by Crippen LogP contribution is -2.13. The number of carbonyl (C=O) groups is 2. The van der Waals surface area contributed by atoms with Gasteiger partial charge in [-0.3, -0.25) is 9.59 Å². The van der Waals surface area contributed by atoms with E-state index in [0.29, 0.717) is 57.0 Å². The molecule has 0 unspecified atom stereocenters. The standard InChI is InChI=1S/C32H32N2O8/c1-37-23-11-21(12-24(17-23)38-2)31(35)33-27-9-7-19(15-29(27)41-5)20-8-10-28(30(16-20)42-6)34-32(36)22-13-25(39-3)18-26(14-22)40-4/h7-18H,1-6H3,(H,33,35)(H,34,36). The van der Waals surface area contributed by atoms with Gasteiger partial charge in [-0.1, -0.05) is 12.1 Å². The molecule has 0 saturated carbocycles. The first-order valence-corrected chi connectivity index (χ1v) is 12.8. The second-order valence-electron chi connectivity index (χ2n) is 8.94. The van der Waals surface area contributed by atoms with E-state index in [0.717, 1.165) is 11.1 Å². The molecule has 0 saturated heterocycles. The molecule has 0 aliphatic heterocycles. The van der Waals surface area contributed by atoms with Crippen LogP contribution in [0.4, 0.5) is 11.4 Å². The van der Waals surface area contributed by atoms with Crippen LogP contribution in [-0.4, -0.2) is 54.5 Å². The fourth-order valence-electron chi connectivity index (χ4n) is 4.21. The van der Waals surface area contributed by atoms with Crippen molar-refractivity contribution < 1.29 is 38.0 Å². The lowest BCUT2D eigenvalue weighted by atomic mass is 10.0. The minimum Gasteiger partial charge on any atom is -0.497 e. The molecular formula is C32H32N2O8. The summed E-state index contributed by atoms with van der Waals surface area (Å²) < 4.78 is 32.2. The van der Waals surface area contributed by atoms with Crippen LogP contribution in [0.15, 0.2) is 72.8 Å². The summed E-state index contributed by atoms with van der Waals surface area (Å²) in [5.41, 5.74) is 3.32. The number of nitrogens with one attached hydrogen (secondary N) is 2. The van der Waals surface area contributed by atoms with Gasteiger partial charge in [0.15, 0.2) is 0 Å². The molecule has 0 aliphatic rings. The number of carbonyl (C=O) groups excluding carboxylic acids is 2. The van der Waals surface area contributed by atoms with Crippen molar-refractivity contribution in [2.24, 2.45) is 0 Å². The van der Waals surface area contributed by atoms with E-state index in [-0.39, 0.29) is 11.8 Å². The Balaban J connectivity index is 1.56.